The molecule has 3 rings (SSSR count). The van der Waals surface area contributed by atoms with Crippen LogP contribution in [0.3, 0.4) is 0 Å². The van der Waals surface area contributed by atoms with Crippen molar-refractivity contribution in [2.75, 3.05) is 50.7 Å². The van der Waals surface area contributed by atoms with Crippen molar-refractivity contribution in [2.45, 2.75) is 25.8 Å². The minimum Gasteiger partial charge on any atom is -0.369 e. The van der Waals surface area contributed by atoms with Crippen LogP contribution in [0.2, 0.25) is 0 Å². The van der Waals surface area contributed by atoms with Crippen LogP contribution in [0.15, 0.2) is 24.3 Å². The zero-order valence-corrected chi connectivity index (χ0v) is 13.0. The molecule has 2 heterocycles. The van der Waals surface area contributed by atoms with Crippen LogP contribution in [0.5, 0.6) is 0 Å². The van der Waals surface area contributed by atoms with Crippen LogP contribution in [0.1, 0.15) is 19.8 Å². The summed E-state index contributed by atoms with van der Waals surface area (Å²) < 4.78 is 13.0. The fourth-order valence-electron chi connectivity index (χ4n) is 3.66. The molecule has 0 bridgehead atoms. The molecule has 1 atom stereocenters. The first-order valence-electron chi connectivity index (χ1n) is 8.23. The molecule has 0 aromatic heterocycles. The van der Waals surface area contributed by atoms with E-state index in [2.05, 4.69) is 21.6 Å². The Bertz CT molecular complexity index is 440. The number of nitrogens with zero attached hydrogens (tertiary/aromatic N) is 3. The molecule has 116 valence electrons. The number of benzene rings is 1. The summed E-state index contributed by atoms with van der Waals surface area (Å²) in [6.07, 6.45) is 2.71. The van der Waals surface area contributed by atoms with Gasteiger partial charge in [0.1, 0.15) is 5.82 Å². The predicted octanol–water partition coefficient (Wildman–Crippen LogP) is 2.43. The number of halogens is 1. The first-order chi connectivity index (χ1) is 10.3. The normalized spacial score (nSPS) is 24.7. The van der Waals surface area contributed by atoms with Gasteiger partial charge >= 0.3 is 0 Å². The van der Waals surface area contributed by atoms with Crippen molar-refractivity contribution in [1.29, 1.82) is 0 Å². The zero-order valence-electron chi connectivity index (χ0n) is 13.0. The van der Waals surface area contributed by atoms with E-state index in [4.69, 9.17) is 0 Å². The van der Waals surface area contributed by atoms with Crippen LogP contribution in [-0.4, -0.2) is 61.7 Å². The Morgan fingerprint density at radius 2 is 1.76 bits per heavy atom. The van der Waals surface area contributed by atoms with Crippen molar-refractivity contribution in [3.05, 3.63) is 30.1 Å². The summed E-state index contributed by atoms with van der Waals surface area (Å²) in [6.45, 7) is 10.3. The van der Waals surface area contributed by atoms with Gasteiger partial charge in [-0.1, -0.05) is 6.92 Å². The summed E-state index contributed by atoms with van der Waals surface area (Å²) in [6, 6.07) is 7.65. The lowest BCUT2D eigenvalue weighted by Gasteiger charge is -2.38. The number of likely N-dealkylation sites (tertiary alicyclic amines) is 1. The molecule has 1 aromatic carbocycles. The van der Waals surface area contributed by atoms with Crippen LogP contribution in [0.25, 0.3) is 0 Å². The van der Waals surface area contributed by atoms with Gasteiger partial charge in [-0.05, 0) is 50.2 Å². The lowest BCUT2D eigenvalue weighted by molar-refractivity contribution is 0.170. The third-order valence-electron chi connectivity index (χ3n) is 4.94. The third kappa shape index (κ3) is 3.55. The summed E-state index contributed by atoms with van der Waals surface area (Å²) in [4.78, 5) is 7.58. The Hall–Kier alpha value is -1.13. The number of piperazine rings is 1. The summed E-state index contributed by atoms with van der Waals surface area (Å²) in [7, 11) is 0. The number of rotatable bonds is 4. The van der Waals surface area contributed by atoms with Crippen LogP contribution in [0.4, 0.5) is 10.1 Å². The molecule has 4 heteroatoms. The second-order valence-electron chi connectivity index (χ2n) is 6.19. The largest absolute Gasteiger partial charge is 0.369 e. The average molecular weight is 291 g/mol. The maximum atomic E-state index is 13.0. The molecule has 1 aromatic rings. The quantitative estimate of drug-likeness (QED) is 0.843. The highest BCUT2D eigenvalue weighted by Crippen LogP contribution is 2.20. The molecule has 2 aliphatic heterocycles. The highest BCUT2D eigenvalue weighted by atomic mass is 19.1. The molecule has 21 heavy (non-hydrogen) atoms. The van der Waals surface area contributed by atoms with E-state index < -0.39 is 0 Å². The minimum atomic E-state index is -0.154. The maximum absolute atomic E-state index is 13.0. The Kier molecular flexibility index (Phi) is 4.76. The molecule has 0 unspecified atom stereocenters. The van der Waals surface area contributed by atoms with Gasteiger partial charge in [0.05, 0.1) is 0 Å². The molecule has 2 fully saturated rings. The van der Waals surface area contributed by atoms with Gasteiger partial charge in [-0.3, -0.25) is 9.80 Å². The molecule has 0 N–H and O–H groups in total. The van der Waals surface area contributed by atoms with E-state index in [1.165, 1.54) is 32.5 Å². The number of likely N-dealkylation sites (N-methyl/N-ethyl adjacent to an activating group) is 1. The Balaban J connectivity index is 1.50. The van der Waals surface area contributed by atoms with Gasteiger partial charge in [-0.25, -0.2) is 4.39 Å². The second-order valence-corrected chi connectivity index (χ2v) is 6.19. The number of hydrogen-bond donors (Lipinski definition) is 0. The number of anilines is 1. The summed E-state index contributed by atoms with van der Waals surface area (Å²) in [5.41, 5.74) is 1.15. The lowest BCUT2D eigenvalue weighted by atomic mass is 10.2. The molecule has 0 amide bonds. The Morgan fingerprint density at radius 1 is 1.05 bits per heavy atom. The van der Waals surface area contributed by atoms with Gasteiger partial charge in [0, 0.05) is 44.5 Å². The van der Waals surface area contributed by atoms with Gasteiger partial charge in [0.25, 0.3) is 0 Å². The summed E-state index contributed by atoms with van der Waals surface area (Å²) >= 11 is 0. The van der Waals surface area contributed by atoms with E-state index in [9.17, 15) is 4.39 Å². The van der Waals surface area contributed by atoms with E-state index in [0.29, 0.717) is 0 Å². The molecule has 0 saturated carbocycles. The van der Waals surface area contributed by atoms with E-state index in [0.717, 1.165) is 37.9 Å². The fourth-order valence-corrected chi connectivity index (χ4v) is 3.66. The van der Waals surface area contributed by atoms with Crippen molar-refractivity contribution in [2.24, 2.45) is 0 Å². The first-order valence-corrected chi connectivity index (χ1v) is 8.23. The second kappa shape index (κ2) is 6.75. The van der Waals surface area contributed by atoms with E-state index in [1.807, 2.05) is 12.1 Å². The predicted molar refractivity (Wildman–Crippen MR) is 85.3 cm³/mol. The highest BCUT2D eigenvalue weighted by Gasteiger charge is 2.26. The third-order valence-corrected chi connectivity index (χ3v) is 4.94. The molecule has 0 spiro atoms. The van der Waals surface area contributed by atoms with E-state index >= 15 is 0 Å². The SMILES string of the molecule is CCN1CCC[C@H]1CN1CCN(c2ccc(F)cc2)CC1. The summed E-state index contributed by atoms with van der Waals surface area (Å²) in [5, 5.41) is 0. The van der Waals surface area contributed by atoms with Crippen molar-refractivity contribution < 1.29 is 4.39 Å². The fraction of sp³-hybridized carbons (Fsp3) is 0.647. The van der Waals surface area contributed by atoms with Crippen LogP contribution in [-0.2, 0) is 0 Å². The molecule has 0 radical (unpaired) electrons. The van der Waals surface area contributed by atoms with E-state index in [-0.39, 0.29) is 5.82 Å². The smallest absolute Gasteiger partial charge is 0.123 e. The van der Waals surface area contributed by atoms with Gasteiger partial charge in [-0.15, -0.1) is 0 Å². The standard InChI is InChI=1S/C17H26FN3/c1-2-20-9-3-4-17(20)14-19-10-12-21(13-11-19)16-7-5-15(18)6-8-16/h5-8,17H,2-4,9-14H2,1H3/t17-/m0/s1. The maximum Gasteiger partial charge on any atom is 0.123 e. The number of hydrogen-bond acceptors (Lipinski definition) is 3. The van der Waals surface area contributed by atoms with Gasteiger partial charge < -0.3 is 4.90 Å². The minimum absolute atomic E-state index is 0.154. The molecule has 3 nitrogen and oxygen atoms in total. The Labute approximate surface area is 127 Å². The molecule has 0 aliphatic carbocycles. The van der Waals surface area contributed by atoms with Gasteiger partial charge in [0.15, 0.2) is 0 Å². The monoisotopic (exact) mass is 291 g/mol. The van der Waals surface area contributed by atoms with Crippen molar-refractivity contribution >= 4 is 5.69 Å². The Morgan fingerprint density at radius 3 is 2.43 bits per heavy atom. The van der Waals surface area contributed by atoms with Crippen LogP contribution in [0, 0.1) is 5.82 Å². The molecule has 2 aliphatic rings. The van der Waals surface area contributed by atoms with Crippen molar-refractivity contribution in [3.63, 3.8) is 0 Å². The lowest BCUT2D eigenvalue weighted by Crippen LogP contribution is -2.50. The van der Waals surface area contributed by atoms with Gasteiger partial charge in [0.2, 0.25) is 0 Å². The average Bonchev–Trinajstić information content (AvgIpc) is 2.96. The molecule has 2 saturated heterocycles. The zero-order chi connectivity index (χ0) is 14.7. The molecular formula is C17H26FN3. The van der Waals surface area contributed by atoms with Crippen molar-refractivity contribution in [3.8, 4) is 0 Å². The van der Waals surface area contributed by atoms with Crippen LogP contribution >= 0.6 is 0 Å². The first kappa shape index (κ1) is 14.8. The van der Waals surface area contributed by atoms with Crippen molar-refractivity contribution in [1.82, 2.24) is 9.80 Å². The van der Waals surface area contributed by atoms with Gasteiger partial charge in [-0.2, -0.15) is 0 Å². The highest BCUT2D eigenvalue weighted by molar-refractivity contribution is 5.46. The molecular weight excluding hydrogens is 265 g/mol. The topological polar surface area (TPSA) is 9.72 Å². The van der Waals surface area contributed by atoms with Crippen LogP contribution < -0.4 is 4.90 Å². The van der Waals surface area contributed by atoms with E-state index in [1.54, 1.807) is 12.1 Å². The summed E-state index contributed by atoms with van der Waals surface area (Å²) in [5.74, 6) is -0.154.